The fourth-order valence-corrected chi connectivity index (χ4v) is 4.71. The van der Waals surface area contributed by atoms with E-state index in [9.17, 15) is 8.42 Å². The van der Waals surface area contributed by atoms with Gasteiger partial charge in [0.25, 0.3) is 0 Å². The van der Waals surface area contributed by atoms with Crippen LogP contribution in [0.25, 0.3) is 11.1 Å². The molecule has 3 rings (SSSR count). The summed E-state index contributed by atoms with van der Waals surface area (Å²) in [4.78, 5) is 0.369. The predicted octanol–water partition coefficient (Wildman–Crippen LogP) is 3.78. The molecule has 0 bridgehead atoms. The fourth-order valence-electron chi connectivity index (χ4n) is 3.12. The first kappa shape index (κ1) is 17.0. The highest BCUT2D eigenvalue weighted by Crippen LogP contribution is 2.27. The average molecular weight is 345 g/mol. The number of rotatable bonds is 4. The van der Waals surface area contributed by atoms with E-state index in [1.165, 1.54) is 0 Å². The van der Waals surface area contributed by atoms with Gasteiger partial charge in [-0.1, -0.05) is 31.2 Å². The van der Waals surface area contributed by atoms with Gasteiger partial charge in [0, 0.05) is 13.1 Å². The number of sulfonamides is 1. The normalized spacial score (nSPS) is 19.2. The highest BCUT2D eigenvalue weighted by molar-refractivity contribution is 7.89. The van der Waals surface area contributed by atoms with Gasteiger partial charge in [-0.05, 0) is 54.2 Å². The minimum Gasteiger partial charge on any atom is -0.497 e. The maximum Gasteiger partial charge on any atom is 0.243 e. The number of hydrogen-bond donors (Lipinski definition) is 0. The molecule has 0 radical (unpaired) electrons. The molecule has 4 nitrogen and oxygen atoms in total. The summed E-state index contributed by atoms with van der Waals surface area (Å²) in [5, 5.41) is 0. The first-order valence-electron chi connectivity index (χ1n) is 8.25. The number of benzene rings is 2. The number of hydrogen-bond acceptors (Lipinski definition) is 3. The monoisotopic (exact) mass is 345 g/mol. The second-order valence-corrected chi connectivity index (χ2v) is 8.30. The lowest BCUT2D eigenvalue weighted by molar-refractivity contribution is 0.281. The lowest BCUT2D eigenvalue weighted by Gasteiger charge is -2.30. The number of piperidine rings is 1. The van der Waals surface area contributed by atoms with Crippen LogP contribution in [0.5, 0.6) is 5.75 Å². The van der Waals surface area contributed by atoms with Crippen molar-refractivity contribution in [2.24, 2.45) is 5.92 Å². The summed E-state index contributed by atoms with van der Waals surface area (Å²) in [7, 11) is -1.76. The Kier molecular flexibility index (Phi) is 4.92. The Hall–Kier alpha value is -1.85. The zero-order valence-electron chi connectivity index (χ0n) is 14.1. The van der Waals surface area contributed by atoms with Crippen LogP contribution in [0, 0.1) is 5.92 Å². The van der Waals surface area contributed by atoms with Crippen molar-refractivity contribution in [3.05, 3.63) is 48.5 Å². The van der Waals surface area contributed by atoms with Crippen molar-refractivity contribution >= 4 is 10.0 Å². The predicted molar refractivity (Wildman–Crippen MR) is 95.6 cm³/mol. The third-order valence-corrected chi connectivity index (χ3v) is 6.41. The summed E-state index contributed by atoms with van der Waals surface area (Å²) >= 11 is 0. The van der Waals surface area contributed by atoms with Gasteiger partial charge in [0.15, 0.2) is 0 Å². The van der Waals surface area contributed by atoms with Crippen LogP contribution in [0.3, 0.4) is 0 Å². The van der Waals surface area contributed by atoms with Crippen LogP contribution in [0.1, 0.15) is 19.8 Å². The summed E-state index contributed by atoms with van der Waals surface area (Å²) < 4.78 is 32.3. The molecule has 2 aromatic carbocycles. The third kappa shape index (κ3) is 3.47. The van der Waals surface area contributed by atoms with E-state index in [-0.39, 0.29) is 0 Å². The molecular formula is C19H23NO3S. The summed E-state index contributed by atoms with van der Waals surface area (Å²) in [6.07, 6.45) is 2.03. The van der Waals surface area contributed by atoms with Gasteiger partial charge in [0.2, 0.25) is 10.0 Å². The van der Waals surface area contributed by atoms with Crippen molar-refractivity contribution in [2.45, 2.75) is 24.7 Å². The molecule has 2 aromatic rings. The van der Waals surface area contributed by atoms with Gasteiger partial charge in [-0.2, -0.15) is 4.31 Å². The Morgan fingerprint density at radius 2 is 1.58 bits per heavy atom. The quantitative estimate of drug-likeness (QED) is 0.847. The van der Waals surface area contributed by atoms with Gasteiger partial charge < -0.3 is 4.74 Å². The Morgan fingerprint density at radius 1 is 1.00 bits per heavy atom. The van der Waals surface area contributed by atoms with Crippen LogP contribution >= 0.6 is 0 Å². The largest absolute Gasteiger partial charge is 0.497 e. The van der Waals surface area contributed by atoms with Crippen LogP contribution in [0.15, 0.2) is 53.4 Å². The number of nitrogens with zero attached hydrogens (tertiary/aromatic N) is 1. The molecule has 24 heavy (non-hydrogen) atoms. The van der Waals surface area contributed by atoms with E-state index in [4.69, 9.17) is 4.74 Å². The molecule has 0 N–H and O–H groups in total. The van der Waals surface area contributed by atoms with Crippen LogP contribution < -0.4 is 4.74 Å². The lowest BCUT2D eigenvalue weighted by Crippen LogP contribution is -2.39. The van der Waals surface area contributed by atoms with E-state index >= 15 is 0 Å². The van der Waals surface area contributed by atoms with Crippen molar-refractivity contribution in [2.75, 3.05) is 20.2 Å². The summed E-state index contributed by atoms with van der Waals surface area (Å²) in [5.41, 5.74) is 2.02. The van der Waals surface area contributed by atoms with Gasteiger partial charge in [-0.25, -0.2) is 8.42 Å². The zero-order valence-corrected chi connectivity index (χ0v) is 14.9. The van der Waals surface area contributed by atoms with Crippen LogP contribution in [0.2, 0.25) is 0 Å². The average Bonchev–Trinajstić information content (AvgIpc) is 2.62. The molecule has 0 unspecified atom stereocenters. The summed E-state index contributed by atoms with van der Waals surface area (Å²) in [6.45, 7) is 3.34. The molecule has 0 spiro atoms. The highest BCUT2D eigenvalue weighted by Gasteiger charge is 2.28. The van der Waals surface area contributed by atoms with Crippen LogP contribution in [-0.2, 0) is 10.0 Å². The zero-order chi connectivity index (χ0) is 17.2. The lowest BCUT2D eigenvalue weighted by atomic mass is 10.0. The van der Waals surface area contributed by atoms with Crippen molar-refractivity contribution in [3.8, 4) is 16.9 Å². The Morgan fingerprint density at radius 3 is 2.12 bits per heavy atom. The van der Waals surface area contributed by atoms with E-state index < -0.39 is 10.0 Å². The van der Waals surface area contributed by atoms with Crippen molar-refractivity contribution in [3.63, 3.8) is 0 Å². The van der Waals surface area contributed by atoms with Gasteiger partial charge in [-0.15, -0.1) is 0 Å². The molecular weight excluding hydrogens is 322 g/mol. The van der Waals surface area contributed by atoms with Gasteiger partial charge in [-0.3, -0.25) is 0 Å². The van der Waals surface area contributed by atoms with E-state index in [1.54, 1.807) is 23.5 Å². The van der Waals surface area contributed by atoms with E-state index in [2.05, 4.69) is 6.92 Å². The molecule has 1 aliphatic heterocycles. The van der Waals surface area contributed by atoms with Crippen molar-refractivity contribution in [1.82, 2.24) is 4.31 Å². The smallest absolute Gasteiger partial charge is 0.243 e. The van der Waals surface area contributed by atoms with Gasteiger partial charge >= 0.3 is 0 Å². The van der Waals surface area contributed by atoms with Gasteiger partial charge in [0.1, 0.15) is 5.75 Å². The van der Waals surface area contributed by atoms with Crippen LogP contribution in [-0.4, -0.2) is 32.9 Å². The van der Waals surface area contributed by atoms with Crippen LogP contribution in [0.4, 0.5) is 0 Å². The molecule has 1 atom stereocenters. The molecule has 0 amide bonds. The third-order valence-electron chi connectivity index (χ3n) is 4.54. The maximum absolute atomic E-state index is 12.8. The Labute approximate surface area is 144 Å². The second-order valence-electron chi connectivity index (χ2n) is 6.36. The molecule has 1 heterocycles. The van der Waals surface area contributed by atoms with E-state index in [1.807, 2.05) is 36.4 Å². The van der Waals surface area contributed by atoms with E-state index in [0.717, 1.165) is 29.7 Å². The van der Waals surface area contributed by atoms with Crippen molar-refractivity contribution < 1.29 is 13.2 Å². The molecule has 1 fully saturated rings. The number of ether oxygens (including phenoxy) is 1. The number of methoxy groups -OCH3 is 1. The minimum atomic E-state index is -3.39. The highest BCUT2D eigenvalue weighted by atomic mass is 32.2. The molecule has 5 heteroatoms. The molecule has 0 aliphatic carbocycles. The second kappa shape index (κ2) is 6.95. The summed E-state index contributed by atoms with van der Waals surface area (Å²) in [6, 6.07) is 14.9. The first-order valence-corrected chi connectivity index (χ1v) is 9.69. The molecule has 1 aliphatic rings. The maximum atomic E-state index is 12.8. The topological polar surface area (TPSA) is 46.6 Å². The molecule has 0 aromatic heterocycles. The molecule has 128 valence electrons. The fraction of sp³-hybridized carbons (Fsp3) is 0.368. The standard InChI is InChI=1S/C19H23NO3S/c1-15-4-3-13-20(14-15)24(21,22)19-11-7-17(8-12-19)16-5-9-18(23-2)10-6-16/h5-12,15H,3-4,13-14H2,1-2H3/t15-/m1/s1. The van der Waals surface area contributed by atoms with E-state index in [0.29, 0.717) is 23.9 Å². The Bertz CT molecular complexity index is 782. The molecule has 0 saturated carbocycles. The SMILES string of the molecule is COc1ccc(-c2ccc(S(=O)(=O)N3CCC[C@@H](C)C3)cc2)cc1. The first-order chi connectivity index (χ1) is 11.5. The molecule has 1 saturated heterocycles. The summed E-state index contributed by atoms with van der Waals surface area (Å²) in [5.74, 6) is 1.23. The Balaban J connectivity index is 1.82. The van der Waals surface area contributed by atoms with Crippen molar-refractivity contribution in [1.29, 1.82) is 0 Å². The van der Waals surface area contributed by atoms with Gasteiger partial charge in [0.05, 0.1) is 12.0 Å². The minimum absolute atomic E-state index is 0.369.